The number of alkyl halides is 3. The number of thiazole rings is 1. The van der Waals surface area contributed by atoms with E-state index in [-0.39, 0.29) is 23.0 Å². The van der Waals surface area contributed by atoms with E-state index in [1.54, 1.807) is 11.4 Å². The summed E-state index contributed by atoms with van der Waals surface area (Å²) in [5.41, 5.74) is 0.130. The van der Waals surface area contributed by atoms with Gasteiger partial charge < -0.3 is 4.90 Å². The molecule has 2 aromatic carbocycles. The van der Waals surface area contributed by atoms with Crippen molar-refractivity contribution in [2.75, 3.05) is 31.1 Å². The maximum Gasteiger partial charge on any atom is 0.416 e. The van der Waals surface area contributed by atoms with Crippen LogP contribution in [0.5, 0.6) is 0 Å². The molecule has 0 spiro atoms. The van der Waals surface area contributed by atoms with E-state index in [1.807, 2.05) is 4.90 Å². The molecule has 1 aliphatic rings. The van der Waals surface area contributed by atoms with E-state index in [4.69, 9.17) is 11.6 Å². The molecule has 170 valence electrons. The standard InChI is InChI=1S/C20H16ClF4N3O2S2/c21-16-5-4-13(10-17(16)22)18-12-31-19(26-18)27-6-8-28(9-7-27)32(29,30)15-3-1-2-14(11-15)20(23,24)25/h1-5,10-12H,6-9H2. The average molecular weight is 506 g/mol. The van der Waals surface area contributed by atoms with E-state index >= 15 is 0 Å². The predicted octanol–water partition coefficient (Wildman–Crippen LogP) is 5.13. The number of hydrogen-bond donors (Lipinski definition) is 0. The fourth-order valence-corrected chi connectivity index (χ4v) is 5.77. The van der Waals surface area contributed by atoms with E-state index in [0.29, 0.717) is 35.5 Å². The first-order valence-electron chi connectivity index (χ1n) is 9.39. The van der Waals surface area contributed by atoms with Crippen LogP contribution in [-0.4, -0.2) is 43.9 Å². The second-order valence-corrected chi connectivity index (χ2v) is 10.2. The summed E-state index contributed by atoms with van der Waals surface area (Å²) in [6.45, 7) is 0.840. The van der Waals surface area contributed by atoms with Crippen molar-refractivity contribution in [3.63, 3.8) is 0 Å². The van der Waals surface area contributed by atoms with Gasteiger partial charge in [0.05, 0.1) is 21.2 Å². The van der Waals surface area contributed by atoms with Crippen molar-refractivity contribution < 1.29 is 26.0 Å². The smallest absolute Gasteiger partial charge is 0.345 e. The molecule has 1 aliphatic heterocycles. The summed E-state index contributed by atoms with van der Waals surface area (Å²) in [5, 5.41) is 2.43. The lowest BCUT2D eigenvalue weighted by Crippen LogP contribution is -2.48. The molecule has 32 heavy (non-hydrogen) atoms. The molecule has 2 heterocycles. The molecule has 1 saturated heterocycles. The normalized spacial score (nSPS) is 15.8. The molecule has 5 nitrogen and oxygen atoms in total. The zero-order valence-electron chi connectivity index (χ0n) is 16.3. The van der Waals surface area contributed by atoms with Crippen LogP contribution in [0.1, 0.15) is 5.56 Å². The summed E-state index contributed by atoms with van der Waals surface area (Å²) in [6, 6.07) is 8.13. The van der Waals surface area contributed by atoms with E-state index in [0.717, 1.165) is 18.2 Å². The molecule has 0 unspecified atom stereocenters. The van der Waals surface area contributed by atoms with Crippen LogP contribution in [0.4, 0.5) is 22.7 Å². The Morgan fingerprint density at radius 2 is 1.75 bits per heavy atom. The van der Waals surface area contributed by atoms with E-state index < -0.39 is 27.6 Å². The number of aromatic nitrogens is 1. The number of rotatable bonds is 4. The van der Waals surface area contributed by atoms with Crippen LogP contribution in [-0.2, 0) is 16.2 Å². The second-order valence-electron chi connectivity index (χ2n) is 7.06. The zero-order valence-corrected chi connectivity index (χ0v) is 18.7. The Hall–Kier alpha value is -2.21. The zero-order chi connectivity index (χ0) is 23.1. The molecular weight excluding hydrogens is 490 g/mol. The third kappa shape index (κ3) is 4.61. The Bertz CT molecular complexity index is 1240. The molecule has 4 rings (SSSR count). The van der Waals surface area contributed by atoms with Gasteiger partial charge in [-0.15, -0.1) is 11.3 Å². The predicted molar refractivity (Wildman–Crippen MR) is 115 cm³/mol. The largest absolute Gasteiger partial charge is 0.416 e. The van der Waals surface area contributed by atoms with Crippen LogP contribution in [0, 0.1) is 5.82 Å². The van der Waals surface area contributed by atoms with Crippen molar-refractivity contribution in [1.82, 2.24) is 9.29 Å². The van der Waals surface area contributed by atoms with E-state index in [1.165, 1.54) is 27.8 Å². The summed E-state index contributed by atoms with van der Waals surface area (Å²) in [6.07, 6.45) is -4.63. The van der Waals surface area contributed by atoms with Crippen LogP contribution in [0.15, 0.2) is 52.7 Å². The van der Waals surface area contributed by atoms with Gasteiger partial charge in [0.15, 0.2) is 5.13 Å². The van der Waals surface area contributed by atoms with Crippen LogP contribution in [0.3, 0.4) is 0 Å². The van der Waals surface area contributed by atoms with Gasteiger partial charge in [0.25, 0.3) is 0 Å². The third-order valence-corrected chi connectivity index (χ3v) is 8.12. The molecule has 1 aromatic heterocycles. The Labute approximate surface area is 190 Å². The third-order valence-electron chi connectivity index (χ3n) is 5.02. The molecule has 0 aliphatic carbocycles. The first-order valence-corrected chi connectivity index (χ1v) is 12.1. The summed E-state index contributed by atoms with van der Waals surface area (Å²) < 4.78 is 79.4. The number of hydrogen-bond acceptors (Lipinski definition) is 5. The molecule has 1 fully saturated rings. The lowest BCUT2D eigenvalue weighted by Gasteiger charge is -2.33. The van der Waals surface area contributed by atoms with Crippen molar-refractivity contribution in [3.05, 3.63) is 64.2 Å². The number of anilines is 1. The van der Waals surface area contributed by atoms with Gasteiger partial charge in [0.2, 0.25) is 10.0 Å². The van der Waals surface area contributed by atoms with Gasteiger partial charge in [-0.2, -0.15) is 17.5 Å². The topological polar surface area (TPSA) is 53.5 Å². The number of nitrogens with zero attached hydrogens (tertiary/aromatic N) is 3. The molecule has 0 amide bonds. The highest BCUT2D eigenvalue weighted by Crippen LogP contribution is 2.32. The SMILES string of the molecule is O=S(=O)(c1cccc(C(F)(F)F)c1)N1CCN(c2nc(-c3ccc(Cl)c(F)c3)cs2)CC1. The Morgan fingerprint density at radius 3 is 2.41 bits per heavy atom. The Kier molecular flexibility index (Phi) is 6.19. The van der Waals surface area contributed by atoms with Gasteiger partial charge >= 0.3 is 6.18 Å². The van der Waals surface area contributed by atoms with Gasteiger partial charge in [-0.1, -0.05) is 23.7 Å². The fraction of sp³-hybridized carbons (Fsp3) is 0.250. The summed E-state index contributed by atoms with van der Waals surface area (Å²) in [4.78, 5) is 6.00. The number of sulfonamides is 1. The van der Waals surface area contributed by atoms with Crippen molar-refractivity contribution in [1.29, 1.82) is 0 Å². The average Bonchev–Trinajstić information content (AvgIpc) is 3.25. The van der Waals surface area contributed by atoms with Crippen molar-refractivity contribution >= 4 is 38.1 Å². The van der Waals surface area contributed by atoms with Crippen molar-refractivity contribution in [3.8, 4) is 11.3 Å². The molecule has 0 atom stereocenters. The van der Waals surface area contributed by atoms with Gasteiger partial charge in [-0.3, -0.25) is 0 Å². The van der Waals surface area contributed by atoms with Gasteiger partial charge in [0.1, 0.15) is 5.82 Å². The maximum absolute atomic E-state index is 13.7. The quantitative estimate of drug-likeness (QED) is 0.461. The molecule has 12 heteroatoms. The first kappa shape index (κ1) is 23.0. The van der Waals surface area contributed by atoms with Crippen LogP contribution in [0.25, 0.3) is 11.3 Å². The van der Waals surface area contributed by atoms with Crippen molar-refractivity contribution in [2.45, 2.75) is 11.1 Å². The van der Waals surface area contributed by atoms with E-state index in [2.05, 4.69) is 4.98 Å². The minimum Gasteiger partial charge on any atom is -0.345 e. The molecule has 0 radical (unpaired) electrons. The number of halogens is 5. The lowest BCUT2D eigenvalue weighted by molar-refractivity contribution is -0.137. The first-order chi connectivity index (χ1) is 15.1. The molecular formula is C20H16ClF4N3O2S2. The molecule has 0 N–H and O–H groups in total. The number of piperazine rings is 1. The van der Waals surface area contributed by atoms with Crippen LogP contribution >= 0.6 is 22.9 Å². The molecule has 0 saturated carbocycles. The molecule has 3 aromatic rings. The lowest BCUT2D eigenvalue weighted by atomic mass is 10.2. The highest BCUT2D eigenvalue weighted by molar-refractivity contribution is 7.89. The van der Waals surface area contributed by atoms with Crippen LogP contribution in [0.2, 0.25) is 5.02 Å². The Balaban J connectivity index is 1.46. The highest BCUT2D eigenvalue weighted by Gasteiger charge is 2.34. The monoisotopic (exact) mass is 505 g/mol. The summed E-state index contributed by atoms with van der Waals surface area (Å²) in [7, 11) is -4.06. The fourth-order valence-electron chi connectivity index (χ4n) is 3.30. The minimum absolute atomic E-state index is 0.0160. The summed E-state index contributed by atoms with van der Waals surface area (Å²) >= 11 is 7.05. The number of benzene rings is 2. The van der Waals surface area contributed by atoms with Crippen molar-refractivity contribution in [2.24, 2.45) is 0 Å². The maximum atomic E-state index is 13.7. The van der Waals surface area contributed by atoms with Gasteiger partial charge in [0, 0.05) is 37.1 Å². The second kappa shape index (κ2) is 8.62. The van der Waals surface area contributed by atoms with Crippen LogP contribution < -0.4 is 4.90 Å². The van der Waals surface area contributed by atoms with E-state index in [9.17, 15) is 26.0 Å². The highest BCUT2D eigenvalue weighted by atomic mass is 35.5. The minimum atomic E-state index is -4.63. The summed E-state index contributed by atoms with van der Waals surface area (Å²) in [5.74, 6) is -0.549. The van der Waals surface area contributed by atoms with Gasteiger partial charge in [-0.25, -0.2) is 17.8 Å². The molecule has 0 bridgehead atoms. The Morgan fingerprint density at radius 1 is 1.03 bits per heavy atom. The van der Waals surface area contributed by atoms with Gasteiger partial charge in [-0.05, 0) is 30.3 Å².